The number of nitrogens with one attached hydrogen (secondary N) is 2. The second-order valence-electron chi connectivity index (χ2n) is 5.51. The van der Waals surface area contributed by atoms with Crippen molar-refractivity contribution in [1.29, 1.82) is 0 Å². The number of hydrogen-bond donors (Lipinski definition) is 2. The van der Waals surface area contributed by atoms with Crippen molar-refractivity contribution in [3.05, 3.63) is 53.6 Å². The highest BCUT2D eigenvalue weighted by molar-refractivity contribution is 7.98. The summed E-state index contributed by atoms with van der Waals surface area (Å²) in [6.07, 6.45) is 3.26. The van der Waals surface area contributed by atoms with Gasteiger partial charge in [-0.1, -0.05) is 19.1 Å². The lowest BCUT2D eigenvalue weighted by atomic mass is 10.1. The van der Waals surface area contributed by atoms with Crippen molar-refractivity contribution in [3.8, 4) is 0 Å². The lowest BCUT2D eigenvalue weighted by Gasteiger charge is -2.11. The molecule has 0 spiro atoms. The Kier molecular flexibility index (Phi) is 6.44. The lowest BCUT2D eigenvalue weighted by Crippen LogP contribution is -2.14. The van der Waals surface area contributed by atoms with Crippen molar-refractivity contribution in [2.24, 2.45) is 0 Å². The summed E-state index contributed by atoms with van der Waals surface area (Å²) < 4.78 is 0. The van der Waals surface area contributed by atoms with Crippen LogP contribution in [0.1, 0.15) is 35.7 Å². The topological polar surface area (TPSA) is 58.2 Å². The number of benzene rings is 2. The number of aryl methyl sites for hydroxylation is 1. The van der Waals surface area contributed by atoms with Gasteiger partial charge in [-0.3, -0.25) is 9.59 Å². The molecule has 0 heterocycles. The zero-order valence-electron chi connectivity index (χ0n) is 14.2. The number of carbonyl (C=O) groups is 2. The minimum Gasteiger partial charge on any atom is -0.326 e. The summed E-state index contributed by atoms with van der Waals surface area (Å²) in [4.78, 5) is 25.3. The molecule has 2 rings (SSSR count). The Morgan fingerprint density at radius 3 is 2.42 bits per heavy atom. The minimum absolute atomic E-state index is 0.0236. The SMILES string of the molecule is CCCC(=O)Nc1cccc(NC(=O)c2cc(SC)ccc2C)c1. The number of thioether (sulfide) groups is 1. The fraction of sp³-hybridized carbons (Fsp3) is 0.263. The zero-order valence-corrected chi connectivity index (χ0v) is 15.0. The summed E-state index contributed by atoms with van der Waals surface area (Å²) >= 11 is 1.60. The Hall–Kier alpha value is -2.27. The number of hydrogen-bond acceptors (Lipinski definition) is 3. The molecule has 0 fully saturated rings. The Morgan fingerprint density at radius 2 is 1.75 bits per heavy atom. The van der Waals surface area contributed by atoms with Crippen LogP contribution in [0.25, 0.3) is 0 Å². The van der Waals surface area contributed by atoms with E-state index in [1.165, 1.54) is 0 Å². The van der Waals surface area contributed by atoms with E-state index in [4.69, 9.17) is 0 Å². The van der Waals surface area contributed by atoms with E-state index >= 15 is 0 Å². The smallest absolute Gasteiger partial charge is 0.255 e. The molecule has 2 aromatic carbocycles. The van der Waals surface area contributed by atoms with Crippen molar-refractivity contribution >= 4 is 35.0 Å². The maximum Gasteiger partial charge on any atom is 0.255 e. The van der Waals surface area contributed by atoms with E-state index in [1.54, 1.807) is 23.9 Å². The monoisotopic (exact) mass is 342 g/mol. The highest BCUT2D eigenvalue weighted by atomic mass is 32.2. The van der Waals surface area contributed by atoms with Crippen LogP contribution in [0.5, 0.6) is 0 Å². The first-order valence-electron chi connectivity index (χ1n) is 7.89. The van der Waals surface area contributed by atoms with Gasteiger partial charge in [0, 0.05) is 28.3 Å². The van der Waals surface area contributed by atoms with Gasteiger partial charge in [-0.25, -0.2) is 0 Å². The standard InChI is InChI=1S/C19H22N2O2S/c1-4-6-18(22)20-14-7-5-8-15(11-14)21-19(23)17-12-16(24-3)10-9-13(17)2/h5,7-12H,4,6H2,1-3H3,(H,20,22)(H,21,23). The Balaban J connectivity index is 2.13. The first kappa shape index (κ1) is 18.1. The van der Waals surface area contributed by atoms with Crippen molar-refractivity contribution < 1.29 is 9.59 Å². The molecule has 2 aromatic rings. The molecule has 0 aliphatic carbocycles. The predicted octanol–water partition coefficient (Wildman–Crippen LogP) is 4.71. The van der Waals surface area contributed by atoms with Crippen LogP contribution >= 0.6 is 11.8 Å². The molecule has 5 heteroatoms. The molecule has 2 N–H and O–H groups in total. The fourth-order valence-electron chi connectivity index (χ4n) is 2.30. The fourth-order valence-corrected chi connectivity index (χ4v) is 2.74. The summed E-state index contributed by atoms with van der Waals surface area (Å²) in [5.74, 6) is -0.176. The molecule has 0 radical (unpaired) electrons. The van der Waals surface area contributed by atoms with Crippen LogP contribution in [0.2, 0.25) is 0 Å². The highest BCUT2D eigenvalue weighted by Crippen LogP contribution is 2.21. The minimum atomic E-state index is -0.152. The maximum absolute atomic E-state index is 12.5. The predicted molar refractivity (Wildman–Crippen MR) is 101 cm³/mol. The molecule has 0 aromatic heterocycles. The summed E-state index contributed by atoms with van der Waals surface area (Å²) in [5.41, 5.74) is 2.92. The van der Waals surface area contributed by atoms with Crippen LogP contribution in [0.3, 0.4) is 0 Å². The van der Waals surface area contributed by atoms with Gasteiger partial charge >= 0.3 is 0 Å². The second-order valence-corrected chi connectivity index (χ2v) is 6.39. The molecule has 2 amide bonds. The average Bonchev–Trinajstić information content (AvgIpc) is 2.55. The molecule has 24 heavy (non-hydrogen) atoms. The molecular weight excluding hydrogens is 320 g/mol. The van der Waals surface area contributed by atoms with Crippen LogP contribution < -0.4 is 10.6 Å². The molecule has 0 bridgehead atoms. The molecule has 126 valence electrons. The largest absolute Gasteiger partial charge is 0.326 e. The van der Waals surface area contributed by atoms with Crippen LogP contribution in [0, 0.1) is 6.92 Å². The Morgan fingerprint density at radius 1 is 1.04 bits per heavy atom. The average molecular weight is 342 g/mol. The van der Waals surface area contributed by atoms with Gasteiger partial charge in [0.25, 0.3) is 5.91 Å². The quantitative estimate of drug-likeness (QED) is 0.748. The van der Waals surface area contributed by atoms with E-state index in [2.05, 4.69) is 10.6 Å². The van der Waals surface area contributed by atoms with Crippen molar-refractivity contribution in [2.45, 2.75) is 31.6 Å². The van der Waals surface area contributed by atoms with E-state index in [1.807, 2.05) is 50.4 Å². The normalized spacial score (nSPS) is 10.3. The van der Waals surface area contributed by atoms with Crippen molar-refractivity contribution in [1.82, 2.24) is 0 Å². The number of rotatable bonds is 6. The summed E-state index contributed by atoms with van der Waals surface area (Å²) in [7, 11) is 0. The van der Waals surface area contributed by atoms with Gasteiger partial charge in [-0.2, -0.15) is 0 Å². The second kappa shape index (κ2) is 8.55. The van der Waals surface area contributed by atoms with Crippen LogP contribution in [-0.4, -0.2) is 18.1 Å². The zero-order chi connectivity index (χ0) is 17.5. The Bertz CT molecular complexity index is 744. The van der Waals surface area contributed by atoms with Gasteiger partial charge in [-0.15, -0.1) is 11.8 Å². The molecule has 0 atom stereocenters. The third kappa shape index (κ3) is 4.86. The van der Waals surface area contributed by atoms with E-state index < -0.39 is 0 Å². The van der Waals surface area contributed by atoms with Crippen molar-refractivity contribution in [3.63, 3.8) is 0 Å². The van der Waals surface area contributed by atoms with Gasteiger partial charge < -0.3 is 10.6 Å². The van der Waals surface area contributed by atoms with Crippen molar-refractivity contribution in [2.75, 3.05) is 16.9 Å². The first-order chi connectivity index (χ1) is 11.5. The molecule has 0 aliphatic rings. The lowest BCUT2D eigenvalue weighted by molar-refractivity contribution is -0.116. The van der Waals surface area contributed by atoms with E-state index in [0.717, 1.165) is 16.9 Å². The number of amides is 2. The van der Waals surface area contributed by atoms with Crippen LogP contribution in [0.4, 0.5) is 11.4 Å². The van der Waals surface area contributed by atoms with E-state index in [0.29, 0.717) is 23.4 Å². The van der Waals surface area contributed by atoms with Gasteiger partial charge in [-0.05, 0) is 55.5 Å². The summed E-state index contributed by atoms with van der Waals surface area (Å²) in [6, 6.07) is 13.0. The molecule has 0 aliphatic heterocycles. The Labute approximate surface area is 147 Å². The van der Waals surface area contributed by atoms with E-state index in [-0.39, 0.29) is 11.8 Å². The summed E-state index contributed by atoms with van der Waals surface area (Å²) in [6.45, 7) is 3.88. The van der Waals surface area contributed by atoms with Gasteiger partial charge in [0.15, 0.2) is 0 Å². The van der Waals surface area contributed by atoms with E-state index in [9.17, 15) is 9.59 Å². The third-order valence-electron chi connectivity index (χ3n) is 3.57. The molecular formula is C19H22N2O2S. The van der Waals surface area contributed by atoms with Gasteiger partial charge in [0.1, 0.15) is 0 Å². The molecule has 0 unspecified atom stereocenters. The van der Waals surface area contributed by atoms with Gasteiger partial charge in [0.2, 0.25) is 5.91 Å². The molecule has 0 saturated carbocycles. The molecule has 0 saturated heterocycles. The first-order valence-corrected chi connectivity index (χ1v) is 9.12. The summed E-state index contributed by atoms with van der Waals surface area (Å²) in [5, 5.41) is 5.73. The molecule has 4 nitrogen and oxygen atoms in total. The third-order valence-corrected chi connectivity index (χ3v) is 4.30. The highest BCUT2D eigenvalue weighted by Gasteiger charge is 2.11. The van der Waals surface area contributed by atoms with Crippen LogP contribution in [-0.2, 0) is 4.79 Å². The van der Waals surface area contributed by atoms with Gasteiger partial charge in [0.05, 0.1) is 0 Å². The maximum atomic E-state index is 12.5. The number of anilines is 2. The number of carbonyl (C=O) groups excluding carboxylic acids is 2. The van der Waals surface area contributed by atoms with Crippen LogP contribution in [0.15, 0.2) is 47.4 Å².